The molecule has 1 saturated heterocycles. The van der Waals surface area contributed by atoms with Gasteiger partial charge in [-0.25, -0.2) is 0 Å². The number of phenolic OH excluding ortho intramolecular Hbond substituents is 2. The molecule has 1 aliphatic heterocycles. The molecular formula is C22H22O10. The Balaban J connectivity index is 2.01. The van der Waals surface area contributed by atoms with Crippen molar-refractivity contribution in [3.8, 4) is 28.6 Å². The fraction of sp³-hybridized carbons (Fsp3) is 0.318. The van der Waals surface area contributed by atoms with Crippen molar-refractivity contribution in [1.82, 2.24) is 0 Å². The van der Waals surface area contributed by atoms with Crippen LogP contribution < -0.4 is 10.2 Å². The van der Waals surface area contributed by atoms with Gasteiger partial charge in [0.15, 0.2) is 0 Å². The van der Waals surface area contributed by atoms with Gasteiger partial charge >= 0.3 is 0 Å². The van der Waals surface area contributed by atoms with Gasteiger partial charge in [0.1, 0.15) is 64.5 Å². The Morgan fingerprint density at radius 2 is 1.69 bits per heavy atom. The van der Waals surface area contributed by atoms with Gasteiger partial charge in [-0.15, -0.1) is 0 Å². The third-order valence-electron chi connectivity index (χ3n) is 5.52. The molecule has 2 heterocycles. The summed E-state index contributed by atoms with van der Waals surface area (Å²) >= 11 is 0. The molecule has 1 fully saturated rings. The summed E-state index contributed by atoms with van der Waals surface area (Å²) in [6.45, 7) is -0.683. The number of benzene rings is 2. The molecule has 0 unspecified atom stereocenters. The lowest BCUT2D eigenvalue weighted by Gasteiger charge is -2.40. The third kappa shape index (κ3) is 3.57. The maximum absolute atomic E-state index is 13.5. The van der Waals surface area contributed by atoms with Crippen LogP contribution in [0, 0.1) is 0 Å². The van der Waals surface area contributed by atoms with Crippen LogP contribution in [0.5, 0.6) is 17.2 Å². The zero-order valence-electron chi connectivity index (χ0n) is 16.9. The standard InChI is InChI=1S/C22H22O10/c1-30-11-4-2-9(3-5-11)21-16(22-20(29)19(28)17(26)14(8-23)32-22)18(27)15-12(25)6-10(24)7-13(15)31-21/h2-7,14,17,19-20,22-26,28-29H,8H2,1H3/t14-,17-,19-,20+,22+/m1/s1. The summed E-state index contributed by atoms with van der Waals surface area (Å²) in [5, 5.41) is 60.3. The molecule has 4 rings (SSSR count). The van der Waals surface area contributed by atoms with E-state index in [1.165, 1.54) is 7.11 Å². The zero-order valence-corrected chi connectivity index (χ0v) is 16.9. The highest BCUT2D eigenvalue weighted by Crippen LogP contribution is 2.39. The first-order valence-corrected chi connectivity index (χ1v) is 9.74. The maximum Gasteiger partial charge on any atom is 0.203 e. The van der Waals surface area contributed by atoms with Gasteiger partial charge in [-0.05, 0) is 24.3 Å². The van der Waals surface area contributed by atoms with Crippen LogP contribution in [0.25, 0.3) is 22.3 Å². The highest BCUT2D eigenvalue weighted by molar-refractivity contribution is 5.87. The number of ether oxygens (including phenoxy) is 2. The highest BCUT2D eigenvalue weighted by atomic mass is 16.5. The molecule has 2 aromatic carbocycles. The van der Waals surface area contributed by atoms with Gasteiger partial charge in [-0.3, -0.25) is 4.79 Å². The summed E-state index contributed by atoms with van der Waals surface area (Å²) in [5.74, 6) is -0.415. The van der Waals surface area contributed by atoms with Crippen LogP contribution in [0.1, 0.15) is 11.7 Å². The Hall–Kier alpha value is -3.15. The lowest BCUT2D eigenvalue weighted by molar-refractivity contribution is -0.232. The lowest BCUT2D eigenvalue weighted by atomic mass is 9.89. The Bertz CT molecular complexity index is 1180. The van der Waals surface area contributed by atoms with Crippen molar-refractivity contribution in [2.75, 3.05) is 13.7 Å². The summed E-state index contributed by atoms with van der Waals surface area (Å²) in [6.07, 6.45) is -7.85. The minimum atomic E-state index is -1.75. The summed E-state index contributed by atoms with van der Waals surface area (Å²) in [6, 6.07) is 8.50. The van der Waals surface area contributed by atoms with Crippen LogP contribution in [0.2, 0.25) is 0 Å². The second kappa shape index (κ2) is 8.41. The van der Waals surface area contributed by atoms with E-state index in [-0.39, 0.29) is 28.0 Å². The minimum Gasteiger partial charge on any atom is -0.508 e. The molecule has 0 aliphatic carbocycles. The number of rotatable bonds is 4. The van der Waals surface area contributed by atoms with E-state index in [1.54, 1.807) is 24.3 Å². The summed E-state index contributed by atoms with van der Waals surface area (Å²) in [4.78, 5) is 13.5. The number of methoxy groups -OCH3 is 1. The molecular weight excluding hydrogens is 424 g/mol. The second-order valence-corrected chi connectivity index (χ2v) is 7.49. The van der Waals surface area contributed by atoms with E-state index in [4.69, 9.17) is 13.9 Å². The molecule has 170 valence electrons. The third-order valence-corrected chi connectivity index (χ3v) is 5.52. The topological polar surface area (TPSA) is 170 Å². The number of aliphatic hydroxyl groups excluding tert-OH is 4. The predicted octanol–water partition coefficient (Wildman–Crippen LogP) is 0.395. The summed E-state index contributed by atoms with van der Waals surface area (Å²) < 4.78 is 16.6. The smallest absolute Gasteiger partial charge is 0.203 e. The Morgan fingerprint density at radius 1 is 1.00 bits per heavy atom. The molecule has 10 heteroatoms. The van der Waals surface area contributed by atoms with E-state index in [2.05, 4.69) is 0 Å². The first-order chi connectivity index (χ1) is 15.3. The molecule has 0 radical (unpaired) electrons. The SMILES string of the molecule is COc1ccc(-c2oc3cc(O)cc(O)c3c(=O)c2[C@@H]2O[C@H](CO)[C@@H](O)[C@@H](O)[C@@H]2O)cc1. The molecule has 0 saturated carbocycles. The average molecular weight is 446 g/mol. The van der Waals surface area contributed by atoms with Crippen molar-refractivity contribution in [3.63, 3.8) is 0 Å². The van der Waals surface area contributed by atoms with Crippen molar-refractivity contribution in [2.24, 2.45) is 0 Å². The van der Waals surface area contributed by atoms with E-state index in [0.29, 0.717) is 11.3 Å². The normalized spacial score (nSPS) is 25.7. The Kier molecular flexibility index (Phi) is 5.80. The fourth-order valence-corrected chi connectivity index (χ4v) is 3.85. The number of phenols is 2. The molecule has 5 atom stereocenters. The number of aromatic hydroxyl groups is 2. The molecule has 3 aromatic rings. The van der Waals surface area contributed by atoms with E-state index in [9.17, 15) is 35.4 Å². The first-order valence-electron chi connectivity index (χ1n) is 9.74. The van der Waals surface area contributed by atoms with Crippen molar-refractivity contribution in [1.29, 1.82) is 0 Å². The van der Waals surface area contributed by atoms with E-state index < -0.39 is 48.3 Å². The lowest BCUT2D eigenvalue weighted by Crippen LogP contribution is -2.55. The largest absolute Gasteiger partial charge is 0.508 e. The van der Waals surface area contributed by atoms with E-state index in [0.717, 1.165) is 12.1 Å². The van der Waals surface area contributed by atoms with E-state index in [1.807, 2.05) is 0 Å². The Labute approximate surface area is 181 Å². The van der Waals surface area contributed by atoms with Gasteiger partial charge in [0.05, 0.1) is 19.3 Å². The first kappa shape index (κ1) is 22.1. The van der Waals surface area contributed by atoms with Crippen molar-refractivity contribution in [3.05, 3.63) is 52.2 Å². The van der Waals surface area contributed by atoms with Crippen molar-refractivity contribution >= 4 is 11.0 Å². The van der Waals surface area contributed by atoms with Crippen LogP contribution in [0.4, 0.5) is 0 Å². The molecule has 6 N–H and O–H groups in total. The number of aliphatic hydroxyl groups is 4. The molecule has 0 amide bonds. The molecule has 32 heavy (non-hydrogen) atoms. The molecule has 1 aromatic heterocycles. The summed E-state index contributed by atoms with van der Waals surface area (Å²) in [5.41, 5.74) is -0.759. The number of hydrogen-bond donors (Lipinski definition) is 6. The van der Waals surface area contributed by atoms with Crippen LogP contribution in [0.3, 0.4) is 0 Å². The quantitative estimate of drug-likeness (QED) is 0.330. The van der Waals surface area contributed by atoms with Crippen molar-refractivity contribution < 1.29 is 44.5 Å². The van der Waals surface area contributed by atoms with Crippen molar-refractivity contribution in [2.45, 2.75) is 30.5 Å². The van der Waals surface area contributed by atoms with Gasteiger partial charge < -0.3 is 44.5 Å². The molecule has 0 bridgehead atoms. The van der Waals surface area contributed by atoms with Gasteiger partial charge in [0.2, 0.25) is 5.43 Å². The van der Waals surface area contributed by atoms with Gasteiger partial charge in [-0.1, -0.05) is 0 Å². The number of fused-ring (bicyclic) bond motifs is 1. The van der Waals surface area contributed by atoms with Gasteiger partial charge in [0, 0.05) is 17.7 Å². The maximum atomic E-state index is 13.5. The predicted molar refractivity (Wildman–Crippen MR) is 111 cm³/mol. The molecule has 1 aliphatic rings. The fourth-order valence-electron chi connectivity index (χ4n) is 3.85. The minimum absolute atomic E-state index is 0.0560. The van der Waals surface area contributed by atoms with Crippen LogP contribution in [-0.4, -0.2) is 68.8 Å². The zero-order chi connectivity index (χ0) is 23.2. The van der Waals surface area contributed by atoms with Gasteiger partial charge in [-0.2, -0.15) is 0 Å². The molecule has 10 nitrogen and oxygen atoms in total. The van der Waals surface area contributed by atoms with Crippen LogP contribution in [-0.2, 0) is 4.74 Å². The highest BCUT2D eigenvalue weighted by Gasteiger charge is 2.46. The van der Waals surface area contributed by atoms with Crippen LogP contribution >= 0.6 is 0 Å². The average Bonchev–Trinajstić information content (AvgIpc) is 2.77. The Morgan fingerprint density at radius 3 is 2.31 bits per heavy atom. The monoisotopic (exact) mass is 446 g/mol. The van der Waals surface area contributed by atoms with E-state index >= 15 is 0 Å². The van der Waals surface area contributed by atoms with Gasteiger partial charge in [0.25, 0.3) is 0 Å². The summed E-state index contributed by atoms with van der Waals surface area (Å²) in [7, 11) is 1.48. The van der Waals surface area contributed by atoms with Crippen LogP contribution in [0.15, 0.2) is 45.6 Å². The molecule has 0 spiro atoms. The second-order valence-electron chi connectivity index (χ2n) is 7.49. The number of hydrogen-bond acceptors (Lipinski definition) is 10.